The standard InChI is InChI=1S/C56H65F2N11O5/c1-33-30-63(31-36-4-7-46-49(26-36)68(39-5-6-39)56(74)69(46)47-8-9-50(70)61-53(47)71)24-25-66(33)32-35-12-19-65(20-13-35)54(72)38-27-42(57)51(43(58)28-38)37-14-21-64(22-15-37)34(2)48-29-41-45(11-18-60-52(41)62(48)3)67-23-16-44-40(55(67)73)10-17-59-44/h4,7,11,16,18,23,26-29,33-35,37,39,47,59H,5-6,8-10,12-15,17,19-22,24-25,30-32H2,1-3H3,(H,61,70,71)/t33-,34-,47?/m0/s1. The van der Waals surface area contributed by atoms with E-state index < -0.39 is 23.6 Å². The maximum absolute atomic E-state index is 16.0. The Labute approximate surface area is 427 Å². The third-order valence-corrected chi connectivity index (χ3v) is 17.4. The van der Waals surface area contributed by atoms with Crippen molar-refractivity contribution in [3.63, 3.8) is 0 Å². The number of likely N-dealkylation sites (tertiary alicyclic amines) is 2. The van der Waals surface area contributed by atoms with Crippen molar-refractivity contribution in [2.45, 2.75) is 108 Å². The summed E-state index contributed by atoms with van der Waals surface area (Å²) >= 11 is 0. The predicted octanol–water partition coefficient (Wildman–Crippen LogP) is 6.40. The van der Waals surface area contributed by atoms with Gasteiger partial charge in [-0.15, -0.1) is 0 Å². The van der Waals surface area contributed by atoms with Gasteiger partial charge in [0, 0.05) is 130 Å². The van der Waals surface area contributed by atoms with E-state index in [2.05, 4.69) is 66.9 Å². The fourth-order valence-corrected chi connectivity index (χ4v) is 13.1. The Balaban J connectivity index is 0.631. The van der Waals surface area contributed by atoms with E-state index in [4.69, 9.17) is 0 Å². The van der Waals surface area contributed by atoms with Crippen molar-refractivity contribution >= 4 is 45.5 Å². The number of piperidine rings is 3. The lowest BCUT2D eigenvalue weighted by Crippen LogP contribution is -2.53. The smallest absolute Gasteiger partial charge is 0.330 e. The van der Waals surface area contributed by atoms with Crippen molar-refractivity contribution in [3.8, 4) is 5.69 Å². The molecule has 2 N–H and O–H groups in total. The Bertz CT molecular complexity index is 3320. The largest absolute Gasteiger partial charge is 0.384 e. The van der Waals surface area contributed by atoms with Crippen molar-refractivity contribution in [3.05, 3.63) is 121 Å². The number of hydrogen-bond donors (Lipinski definition) is 2. The van der Waals surface area contributed by atoms with Gasteiger partial charge in [-0.1, -0.05) is 6.07 Å². The van der Waals surface area contributed by atoms with E-state index in [9.17, 15) is 24.0 Å². The van der Waals surface area contributed by atoms with Crippen LogP contribution in [0, 0.1) is 17.6 Å². The zero-order valence-corrected chi connectivity index (χ0v) is 42.5. The second kappa shape index (κ2) is 19.3. The molecule has 0 radical (unpaired) electrons. The number of aromatic nitrogens is 5. The average Bonchev–Trinajstić information content (AvgIpc) is 3.88. The first-order valence-electron chi connectivity index (χ1n) is 26.8. The van der Waals surface area contributed by atoms with Crippen molar-refractivity contribution in [2.24, 2.45) is 13.0 Å². The molecule has 3 amide bonds. The summed E-state index contributed by atoms with van der Waals surface area (Å²) in [6.07, 6.45) is 9.43. The first-order valence-corrected chi connectivity index (χ1v) is 26.8. The van der Waals surface area contributed by atoms with Gasteiger partial charge in [0.15, 0.2) is 0 Å². The number of aryl methyl sites for hydroxylation is 1. The number of piperazine rings is 1. The lowest BCUT2D eigenvalue weighted by Gasteiger charge is -2.42. The van der Waals surface area contributed by atoms with Crippen LogP contribution in [0.3, 0.4) is 0 Å². The second-order valence-corrected chi connectivity index (χ2v) is 22.0. The van der Waals surface area contributed by atoms with Gasteiger partial charge >= 0.3 is 5.69 Å². The van der Waals surface area contributed by atoms with E-state index in [1.54, 1.807) is 20.2 Å². The van der Waals surface area contributed by atoms with Gasteiger partial charge in [0.1, 0.15) is 23.3 Å². The van der Waals surface area contributed by atoms with Crippen LogP contribution in [0.4, 0.5) is 14.5 Å². The first-order chi connectivity index (χ1) is 35.8. The number of amides is 3. The topological polar surface area (TPSA) is 155 Å². The number of imidazole rings is 1. The number of halogens is 2. The summed E-state index contributed by atoms with van der Waals surface area (Å²) in [6, 6.07) is 14.3. The Morgan fingerprint density at radius 1 is 0.838 bits per heavy atom. The molecule has 1 saturated carbocycles. The highest BCUT2D eigenvalue weighted by atomic mass is 19.1. The molecule has 388 valence electrons. The molecule has 1 unspecified atom stereocenters. The van der Waals surface area contributed by atoms with Gasteiger partial charge in [0.25, 0.3) is 11.5 Å². The Morgan fingerprint density at radius 3 is 2.34 bits per heavy atom. The number of rotatable bonds is 11. The Kier molecular flexibility index (Phi) is 12.7. The Morgan fingerprint density at radius 2 is 1.61 bits per heavy atom. The molecule has 74 heavy (non-hydrogen) atoms. The van der Waals surface area contributed by atoms with Crippen LogP contribution in [0.1, 0.15) is 122 Å². The zero-order valence-electron chi connectivity index (χ0n) is 42.5. The molecule has 2 aromatic carbocycles. The van der Waals surface area contributed by atoms with E-state index in [0.717, 1.165) is 115 Å². The number of nitrogens with zero attached hydrogens (tertiary/aromatic N) is 9. The Hall–Kier alpha value is -6.50. The van der Waals surface area contributed by atoms with Gasteiger partial charge in [0.2, 0.25) is 11.8 Å². The molecule has 0 spiro atoms. The summed E-state index contributed by atoms with van der Waals surface area (Å²) in [7, 11) is 1.99. The van der Waals surface area contributed by atoms with E-state index in [-0.39, 0.29) is 58.6 Å². The molecule has 16 nitrogen and oxygen atoms in total. The number of nitrogens with one attached hydrogen (secondary N) is 2. The van der Waals surface area contributed by atoms with Gasteiger partial charge in [0.05, 0.1) is 16.7 Å². The monoisotopic (exact) mass is 1010 g/mol. The normalized spacial score (nSPS) is 22.1. The van der Waals surface area contributed by atoms with Gasteiger partial charge in [-0.25, -0.2) is 18.6 Å². The van der Waals surface area contributed by atoms with Crippen LogP contribution in [0.25, 0.3) is 27.8 Å². The van der Waals surface area contributed by atoms with Crippen LogP contribution in [-0.4, -0.2) is 126 Å². The zero-order chi connectivity index (χ0) is 51.1. The summed E-state index contributed by atoms with van der Waals surface area (Å²) in [6.45, 7) is 11.9. The van der Waals surface area contributed by atoms with Crippen molar-refractivity contribution < 1.29 is 23.2 Å². The van der Waals surface area contributed by atoms with Gasteiger partial charge in [-0.2, -0.15) is 0 Å². The third kappa shape index (κ3) is 8.75. The highest BCUT2D eigenvalue weighted by molar-refractivity contribution is 6.00. The second-order valence-electron chi connectivity index (χ2n) is 22.0. The van der Waals surface area contributed by atoms with Crippen LogP contribution in [0.2, 0.25) is 0 Å². The predicted molar refractivity (Wildman–Crippen MR) is 278 cm³/mol. The molecular formula is C56H65F2N11O5. The number of fused-ring (bicyclic) bond motifs is 3. The summed E-state index contributed by atoms with van der Waals surface area (Å²) in [5.74, 6) is -2.27. The number of hydrogen-bond acceptors (Lipinski definition) is 10. The summed E-state index contributed by atoms with van der Waals surface area (Å²) in [5.41, 5.74) is 6.90. The van der Waals surface area contributed by atoms with Gasteiger partial charge in [-0.05, 0) is 138 Å². The number of pyridine rings is 2. The molecule has 5 fully saturated rings. The fraction of sp³-hybridized carbons (Fsp3) is 0.500. The number of carbonyl (C=O) groups is 3. The fourth-order valence-electron chi connectivity index (χ4n) is 13.1. The van der Waals surface area contributed by atoms with E-state index in [0.29, 0.717) is 63.8 Å². The highest BCUT2D eigenvalue weighted by Crippen LogP contribution is 2.39. The average molecular weight is 1010 g/mol. The van der Waals surface area contributed by atoms with Crippen LogP contribution in [0.15, 0.2) is 70.5 Å². The molecule has 9 heterocycles. The van der Waals surface area contributed by atoms with Crippen LogP contribution < -0.4 is 21.9 Å². The number of imide groups is 1. The molecule has 5 aliphatic heterocycles. The van der Waals surface area contributed by atoms with Gasteiger partial charge in [-0.3, -0.25) is 52.9 Å². The van der Waals surface area contributed by atoms with Crippen molar-refractivity contribution in [2.75, 3.05) is 64.2 Å². The summed E-state index contributed by atoms with van der Waals surface area (Å²) in [4.78, 5) is 79.5. The molecule has 1 aliphatic carbocycles. The molecule has 6 aromatic rings. The number of benzene rings is 2. The minimum Gasteiger partial charge on any atom is -0.384 e. The molecule has 18 heteroatoms. The maximum Gasteiger partial charge on any atom is 0.330 e. The molecule has 6 aliphatic rings. The number of carbonyl (C=O) groups excluding carboxylic acids is 3. The van der Waals surface area contributed by atoms with Crippen molar-refractivity contribution in [1.82, 2.24) is 48.2 Å². The van der Waals surface area contributed by atoms with E-state index in [1.165, 1.54) is 12.1 Å². The molecule has 4 aromatic heterocycles. The van der Waals surface area contributed by atoms with Crippen LogP contribution >= 0.6 is 0 Å². The van der Waals surface area contributed by atoms with Crippen LogP contribution in [0.5, 0.6) is 0 Å². The van der Waals surface area contributed by atoms with Crippen molar-refractivity contribution in [1.29, 1.82) is 0 Å². The quantitative estimate of drug-likeness (QED) is 0.140. The molecule has 0 bridgehead atoms. The molecule has 12 rings (SSSR count). The molecule has 3 atom stereocenters. The lowest BCUT2D eigenvalue weighted by atomic mass is 9.87. The molecule has 4 saturated heterocycles. The van der Waals surface area contributed by atoms with E-state index >= 15 is 8.78 Å². The minimum absolute atomic E-state index is 0.0116. The lowest BCUT2D eigenvalue weighted by molar-refractivity contribution is -0.135. The summed E-state index contributed by atoms with van der Waals surface area (Å²) in [5, 5.41) is 6.58. The van der Waals surface area contributed by atoms with Crippen LogP contribution in [-0.2, 0) is 29.6 Å². The highest BCUT2D eigenvalue weighted by Gasteiger charge is 2.37. The van der Waals surface area contributed by atoms with E-state index in [1.807, 2.05) is 36.0 Å². The molecular weight excluding hydrogens is 945 g/mol. The number of anilines is 1. The first kappa shape index (κ1) is 48.4. The third-order valence-electron chi connectivity index (χ3n) is 17.4. The SMILES string of the molecule is C[C@H]1CN(Cc2ccc3c(c2)n(C2CC2)c(=O)n3C2CCC(=O)NC2=O)CCN1CC1CCN(C(=O)c2cc(F)c(C3CCN([C@@H](C)c4cc5c(-n6ccc7c(c6=O)CCN7)ccnc5n4C)CC3)c(F)c2)CC1. The maximum atomic E-state index is 16.0. The summed E-state index contributed by atoms with van der Waals surface area (Å²) < 4.78 is 39.2. The van der Waals surface area contributed by atoms with Gasteiger partial charge < -0.3 is 14.8 Å². The minimum atomic E-state index is -0.701.